The lowest BCUT2D eigenvalue weighted by molar-refractivity contribution is 0.310. The molecule has 0 aliphatic carbocycles. The van der Waals surface area contributed by atoms with E-state index in [1.807, 2.05) is 36.4 Å². The van der Waals surface area contributed by atoms with Gasteiger partial charge in [-0.05, 0) is 280 Å². The van der Waals surface area contributed by atoms with Crippen LogP contribution in [0.2, 0.25) is 0 Å². The van der Waals surface area contributed by atoms with Gasteiger partial charge < -0.3 is 9.47 Å². The van der Waals surface area contributed by atoms with Crippen molar-refractivity contribution in [2.24, 2.45) is 0 Å². The van der Waals surface area contributed by atoms with Gasteiger partial charge in [-0.25, -0.2) is 4.85 Å². The number of nitriles is 1. The van der Waals surface area contributed by atoms with Crippen molar-refractivity contribution in [1.82, 2.24) is 0 Å². The van der Waals surface area contributed by atoms with Crippen LogP contribution in [0.4, 0.5) is 5.69 Å². The molecule has 118 heavy (non-hydrogen) atoms. The molecule has 22 rings (SSSR count). The molecule has 0 amide bonds. The summed E-state index contributed by atoms with van der Waals surface area (Å²) < 4.78 is 13.4. The van der Waals surface area contributed by atoms with Gasteiger partial charge in [-0.2, -0.15) is 5.26 Å². The smallest absolute Gasteiger partial charge is 0.196 e. The van der Waals surface area contributed by atoms with Crippen LogP contribution in [-0.2, 0) is 24.0 Å². The largest absolute Gasteiger partial charge is 0.488 e. The minimum absolute atomic E-state index is 0.0804. The number of rotatable bonds is 8. The minimum atomic E-state index is 0.0804. The zero-order valence-electron chi connectivity index (χ0n) is 68.8. The Hall–Kier alpha value is -13.9. The minimum Gasteiger partial charge on any atom is -0.488 e. The highest BCUT2D eigenvalue weighted by Gasteiger charge is 2.29. The quantitative estimate of drug-likeness (QED) is 0.0865. The molecule has 0 aliphatic rings. The van der Waals surface area contributed by atoms with Crippen LogP contribution in [0, 0.1) is 59.4 Å². The van der Waals surface area contributed by atoms with Gasteiger partial charge in [0.15, 0.2) is 5.69 Å². The summed E-state index contributed by atoms with van der Waals surface area (Å²) in [4.78, 5) is 4.10. The summed E-state index contributed by atoms with van der Waals surface area (Å²) >= 11 is 0. The summed E-state index contributed by atoms with van der Waals surface area (Å²) in [7, 11) is 0. The van der Waals surface area contributed by atoms with E-state index in [1.165, 1.54) is 163 Å². The van der Waals surface area contributed by atoms with Gasteiger partial charge >= 0.3 is 0 Å². The molecule has 0 atom stereocenters. The van der Waals surface area contributed by atoms with Crippen LogP contribution >= 0.6 is 0 Å². The first-order chi connectivity index (χ1) is 57.2. The van der Waals surface area contributed by atoms with Gasteiger partial charge in [0.25, 0.3) is 0 Å². The fourth-order valence-electron chi connectivity index (χ4n) is 19.5. The van der Waals surface area contributed by atoms with Gasteiger partial charge in [0.1, 0.15) is 24.7 Å². The number of benzene rings is 22. The lowest BCUT2D eigenvalue weighted by Crippen LogP contribution is -2.12. The van der Waals surface area contributed by atoms with Crippen molar-refractivity contribution in [3.8, 4) is 39.8 Å². The van der Waals surface area contributed by atoms with Crippen molar-refractivity contribution in [2.75, 3.05) is 0 Å². The standard InChI is InChI=1S/C42H34O2.C38H20N2.C34H34/c1-25-7-5-9-29(19-25)23-43-37-17-15-33-36-22-28(4)12-14-32(36)40-38(44-24-30-10-6-8-26(2)20-30)18-16-34-35-21-27(3)11-13-31(35)39(37)41(33)42(34)40;1-40-32-21-31(24-14-6-3-7-15-24)35-27-17-9-8-16-26(27)33-25(22-39)20-30(23-12-4-2-5-13-23)34-28-18-10-11-19-29(28)36(32)38(35)37(33)34;1-19-9-11-23-25(13-19)29-17-21(33(3,4)5)16-28-24-12-10-20(2)14-26(24)30-18-22(34(6,7)8)15-27(23)32(30)31(28)29/h5-22H,23-24H2,1-4H3;2-21H;9-18H,1-8H3. The average Bonchev–Trinajstić information content (AvgIpc) is 0.691. The second kappa shape index (κ2) is 27.9. The molecule has 0 bridgehead atoms. The molecule has 22 aromatic carbocycles. The Bertz CT molecular complexity index is 7550. The highest BCUT2D eigenvalue weighted by molar-refractivity contribution is 6.47. The predicted molar refractivity (Wildman–Crippen MR) is 505 cm³/mol. The number of hydrogen-bond donors (Lipinski definition) is 0. The van der Waals surface area contributed by atoms with E-state index in [2.05, 4.69) is 349 Å². The Labute approximate surface area is 688 Å². The van der Waals surface area contributed by atoms with Gasteiger partial charge in [-0.3, -0.25) is 0 Å². The van der Waals surface area contributed by atoms with Crippen molar-refractivity contribution < 1.29 is 9.47 Å². The van der Waals surface area contributed by atoms with Gasteiger partial charge in [0.2, 0.25) is 0 Å². The first kappa shape index (κ1) is 73.0. The highest BCUT2D eigenvalue weighted by Crippen LogP contribution is 2.56. The number of fused-ring (bicyclic) bond motifs is 18. The average molecular weight is 1520 g/mol. The van der Waals surface area contributed by atoms with E-state index in [0.29, 0.717) is 24.5 Å². The third-order valence-corrected chi connectivity index (χ3v) is 25.0. The first-order valence-corrected chi connectivity index (χ1v) is 41.2. The SMILES string of the molecule is Cc1ccc2c(c1)c1cc(C(C)(C)C)cc3c4ccc(C)cc4c4cc(C(C)(C)C)cc2c4c31.Cc1cccc(COc2ccc3c4cc(C)ccc4c4c(OCc5cccc(C)c5)ccc5c6cc(C)ccc6c2c3c54)c1.[C-]#[N+]c1cc(-c2ccccc2)c2c3ccccc3c3c(C#N)cc(-c4ccccc4)c4c5ccccc5c1c2c34. The second-order valence-corrected chi connectivity index (χ2v) is 35.1. The van der Waals surface area contributed by atoms with E-state index < -0.39 is 0 Å². The Kier molecular flexibility index (Phi) is 17.3. The van der Waals surface area contributed by atoms with Gasteiger partial charge in [-0.1, -0.05) is 318 Å². The van der Waals surface area contributed by atoms with Crippen molar-refractivity contribution in [3.05, 3.63) is 364 Å². The molecule has 0 aromatic heterocycles. The molecule has 22 aromatic rings. The molecule has 0 heterocycles. The van der Waals surface area contributed by atoms with Crippen LogP contribution in [0.1, 0.15) is 103 Å². The summed E-state index contributed by atoms with van der Waals surface area (Å²) in [6.45, 7) is 36.3. The maximum absolute atomic E-state index is 10.5. The maximum atomic E-state index is 10.5. The van der Waals surface area contributed by atoms with Crippen LogP contribution in [0.25, 0.3) is 189 Å². The molecular weight excluding hydrogens is 1430 g/mol. The van der Waals surface area contributed by atoms with Crippen LogP contribution in [0.3, 0.4) is 0 Å². The topological polar surface area (TPSA) is 46.6 Å². The highest BCUT2D eigenvalue weighted by atomic mass is 16.5. The predicted octanol–water partition coefficient (Wildman–Crippen LogP) is 32.0. The van der Waals surface area contributed by atoms with Crippen LogP contribution in [0.15, 0.2) is 291 Å². The summed E-state index contributed by atoms with van der Waals surface area (Å²) in [5.74, 6) is 1.82. The molecule has 0 unspecified atom stereocenters. The summed E-state index contributed by atoms with van der Waals surface area (Å²) in [5, 5.41) is 47.3. The molecule has 0 fully saturated rings. The first-order valence-electron chi connectivity index (χ1n) is 41.2. The molecule has 0 saturated heterocycles. The normalized spacial score (nSPS) is 12.1. The fourth-order valence-corrected chi connectivity index (χ4v) is 19.5. The second-order valence-electron chi connectivity index (χ2n) is 35.1. The van der Waals surface area contributed by atoms with Crippen LogP contribution in [-0.4, -0.2) is 0 Å². The number of ether oxygens (including phenoxy) is 2. The summed E-state index contributed by atoms with van der Waals surface area (Å²) in [5.41, 5.74) is 18.4. The molecule has 4 nitrogen and oxygen atoms in total. The van der Waals surface area contributed by atoms with Crippen LogP contribution in [0.5, 0.6) is 11.5 Å². The fraction of sp³-hybridized carbons (Fsp3) is 0.140. The van der Waals surface area contributed by atoms with Gasteiger partial charge in [-0.15, -0.1) is 0 Å². The van der Waals surface area contributed by atoms with Crippen molar-refractivity contribution >= 4 is 167 Å². The van der Waals surface area contributed by atoms with E-state index in [-0.39, 0.29) is 10.8 Å². The zero-order chi connectivity index (χ0) is 80.9. The van der Waals surface area contributed by atoms with Gasteiger partial charge in [0, 0.05) is 26.9 Å². The third kappa shape index (κ3) is 11.9. The maximum Gasteiger partial charge on any atom is 0.196 e. The Morgan fingerprint density at radius 3 is 1.00 bits per heavy atom. The summed E-state index contributed by atoms with van der Waals surface area (Å²) in [6.07, 6.45) is 0. The lowest BCUT2D eigenvalue weighted by atomic mass is 9.78. The Morgan fingerprint density at radius 1 is 0.271 bits per heavy atom. The van der Waals surface area contributed by atoms with E-state index in [9.17, 15) is 5.26 Å². The molecule has 0 N–H and O–H groups in total. The monoisotopic (exact) mass is 1520 g/mol. The van der Waals surface area contributed by atoms with E-state index in [1.54, 1.807) is 0 Å². The summed E-state index contributed by atoms with van der Waals surface area (Å²) in [6, 6.07) is 108. The number of hydrogen-bond acceptors (Lipinski definition) is 3. The van der Waals surface area contributed by atoms with E-state index in [0.717, 1.165) is 87.6 Å². The van der Waals surface area contributed by atoms with E-state index in [4.69, 9.17) is 16.0 Å². The molecule has 0 radical (unpaired) electrons. The molecule has 0 saturated carbocycles. The number of aryl methyl sites for hydroxylation is 6. The molecular formula is C114H88N2O2. The van der Waals surface area contributed by atoms with E-state index >= 15 is 0 Å². The molecule has 4 heteroatoms. The Balaban J connectivity index is 0.000000115. The lowest BCUT2D eigenvalue weighted by Gasteiger charge is -2.26. The number of nitrogens with zero attached hydrogens (tertiary/aromatic N) is 2. The molecule has 566 valence electrons. The van der Waals surface area contributed by atoms with Crippen molar-refractivity contribution in [1.29, 1.82) is 5.26 Å². The molecule has 0 aliphatic heterocycles. The van der Waals surface area contributed by atoms with Crippen molar-refractivity contribution in [3.63, 3.8) is 0 Å². The third-order valence-electron chi connectivity index (χ3n) is 25.0. The van der Waals surface area contributed by atoms with Gasteiger partial charge in [0.05, 0.1) is 18.2 Å². The Morgan fingerprint density at radius 2 is 0.602 bits per heavy atom. The van der Waals surface area contributed by atoms with Crippen molar-refractivity contribution in [2.45, 2.75) is 107 Å². The zero-order valence-corrected chi connectivity index (χ0v) is 68.8. The molecule has 0 spiro atoms. The van der Waals surface area contributed by atoms with Crippen LogP contribution < -0.4 is 9.47 Å².